The van der Waals surface area contributed by atoms with Gasteiger partial charge in [-0.1, -0.05) is 32.1 Å². The summed E-state index contributed by atoms with van der Waals surface area (Å²) < 4.78 is 5.17. The molecule has 0 aliphatic heterocycles. The van der Waals surface area contributed by atoms with Crippen LogP contribution in [0.2, 0.25) is 0 Å². The van der Waals surface area contributed by atoms with Gasteiger partial charge in [-0.3, -0.25) is 4.79 Å². The molecule has 1 aliphatic rings. The van der Waals surface area contributed by atoms with E-state index in [2.05, 4.69) is 0 Å². The number of ether oxygens (including phenoxy) is 1. The minimum Gasteiger partial charge on any atom is -0.497 e. The highest BCUT2D eigenvalue weighted by Crippen LogP contribution is 2.28. The molecule has 0 unspecified atom stereocenters. The summed E-state index contributed by atoms with van der Waals surface area (Å²) in [5, 5.41) is 0. The van der Waals surface area contributed by atoms with E-state index in [1.54, 1.807) is 7.11 Å². The maximum atomic E-state index is 12.3. The number of benzene rings is 1. The zero-order valence-electron chi connectivity index (χ0n) is 11.4. The van der Waals surface area contributed by atoms with Crippen LogP contribution in [0.5, 0.6) is 5.75 Å². The lowest BCUT2D eigenvalue weighted by Gasteiger charge is -2.21. The average molecular weight is 246 g/mol. The molecule has 1 aromatic carbocycles. The Morgan fingerprint density at radius 2 is 2.00 bits per heavy atom. The first-order valence-electron chi connectivity index (χ1n) is 6.88. The Morgan fingerprint density at radius 3 is 2.61 bits per heavy atom. The van der Waals surface area contributed by atoms with Crippen molar-refractivity contribution in [2.75, 3.05) is 7.11 Å². The van der Waals surface area contributed by atoms with E-state index in [4.69, 9.17) is 4.74 Å². The Balaban J connectivity index is 2.03. The fourth-order valence-corrected chi connectivity index (χ4v) is 2.84. The second kappa shape index (κ2) is 6.03. The second-order valence-electron chi connectivity index (χ2n) is 5.31. The quantitative estimate of drug-likeness (QED) is 0.746. The maximum Gasteiger partial charge on any atom is 0.163 e. The number of Topliss-reactive ketones (excluding diaryl/α,β-unsaturated/α-hetero) is 1. The van der Waals surface area contributed by atoms with Crippen molar-refractivity contribution in [3.8, 4) is 5.75 Å². The van der Waals surface area contributed by atoms with Gasteiger partial charge in [0.15, 0.2) is 5.78 Å². The van der Waals surface area contributed by atoms with Crippen LogP contribution in [-0.4, -0.2) is 12.9 Å². The SMILES string of the molecule is COc1ccc(C(=O)CC2CCCCC2)c(C)c1. The molecule has 18 heavy (non-hydrogen) atoms. The molecule has 0 spiro atoms. The average Bonchev–Trinajstić information content (AvgIpc) is 2.39. The lowest BCUT2D eigenvalue weighted by molar-refractivity contribution is 0.0949. The third-order valence-corrected chi connectivity index (χ3v) is 3.93. The zero-order chi connectivity index (χ0) is 13.0. The predicted molar refractivity (Wildman–Crippen MR) is 73.3 cm³/mol. The molecular formula is C16H22O2. The van der Waals surface area contributed by atoms with Gasteiger partial charge in [0.25, 0.3) is 0 Å². The lowest BCUT2D eigenvalue weighted by atomic mass is 9.84. The molecule has 0 bridgehead atoms. The Bertz CT molecular complexity index is 417. The van der Waals surface area contributed by atoms with Crippen LogP contribution in [0.25, 0.3) is 0 Å². The summed E-state index contributed by atoms with van der Waals surface area (Å²) in [5.41, 5.74) is 1.89. The Morgan fingerprint density at radius 1 is 1.28 bits per heavy atom. The fraction of sp³-hybridized carbons (Fsp3) is 0.562. The summed E-state index contributed by atoms with van der Waals surface area (Å²) in [7, 11) is 1.65. The van der Waals surface area contributed by atoms with Crippen LogP contribution in [0.4, 0.5) is 0 Å². The van der Waals surface area contributed by atoms with Crippen molar-refractivity contribution in [2.24, 2.45) is 5.92 Å². The van der Waals surface area contributed by atoms with E-state index in [1.165, 1.54) is 32.1 Å². The van der Waals surface area contributed by atoms with Crippen molar-refractivity contribution in [3.05, 3.63) is 29.3 Å². The van der Waals surface area contributed by atoms with Crippen molar-refractivity contribution in [3.63, 3.8) is 0 Å². The van der Waals surface area contributed by atoms with Gasteiger partial charge in [-0.05, 0) is 36.6 Å². The summed E-state index contributed by atoms with van der Waals surface area (Å²) in [5.74, 6) is 1.72. The van der Waals surface area contributed by atoms with Crippen LogP contribution in [0.15, 0.2) is 18.2 Å². The first kappa shape index (κ1) is 13.1. The number of hydrogen-bond acceptors (Lipinski definition) is 2. The summed E-state index contributed by atoms with van der Waals surface area (Å²) in [6, 6.07) is 5.72. The molecule has 2 nitrogen and oxygen atoms in total. The van der Waals surface area contributed by atoms with E-state index in [1.807, 2.05) is 25.1 Å². The van der Waals surface area contributed by atoms with Crippen LogP contribution in [-0.2, 0) is 0 Å². The third-order valence-electron chi connectivity index (χ3n) is 3.93. The smallest absolute Gasteiger partial charge is 0.163 e. The Kier molecular flexibility index (Phi) is 4.40. The molecule has 0 aromatic heterocycles. The van der Waals surface area contributed by atoms with Gasteiger partial charge in [0, 0.05) is 12.0 Å². The highest BCUT2D eigenvalue weighted by atomic mass is 16.5. The summed E-state index contributed by atoms with van der Waals surface area (Å²) in [6.45, 7) is 1.98. The summed E-state index contributed by atoms with van der Waals surface area (Å²) >= 11 is 0. The molecule has 0 heterocycles. The van der Waals surface area contributed by atoms with Crippen molar-refractivity contribution >= 4 is 5.78 Å². The predicted octanol–water partition coefficient (Wildman–Crippen LogP) is 4.16. The Labute approximate surface area is 109 Å². The van der Waals surface area contributed by atoms with Crippen LogP contribution >= 0.6 is 0 Å². The van der Waals surface area contributed by atoms with Gasteiger partial charge >= 0.3 is 0 Å². The van der Waals surface area contributed by atoms with E-state index in [9.17, 15) is 4.79 Å². The van der Waals surface area contributed by atoms with Gasteiger partial charge in [-0.15, -0.1) is 0 Å². The van der Waals surface area contributed by atoms with Crippen LogP contribution < -0.4 is 4.74 Å². The molecule has 0 N–H and O–H groups in total. The number of hydrogen-bond donors (Lipinski definition) is 0. The molecule has 0 amide bonds. The fourth-order valence-electron chi connectivity index (χ4n) is 2.84. The van der Waals surface area contributed by atoms with Crippen molar-refractivity contribution in [1.29, 1.82) is 0 Å². The van der Waals surface area contributed by atoms with Gasteiger partial charge < -0.3 is 4.74 Å². The lowest BCUT2D eigenvalue weighted by Crippen LogP contribution is -2.13. The van der Waals surface area contributed by atoms with E-state index in [0.717, 1.165) is 16.9 Å². The molecule has 2 rings (SSSR count). The second-order valence-corrected chi connectivity index (χ2v) is 5.31. The maximum absolute atomic E-state index is 12.3. The van der Waals surface area contributed by atoms with Crippen LogP contribution in [0.1, 0.15) is 54.4 Å². The molecule has 1 fully saturated rings. The largest absolute Gasteiger partial charge is 0.497 e. The van der Waals surface area contributed by atoms with Crippen molar-refractivity contribution < 1.29 is 9.53 Å². The van der Waals surface area contributed by atoms with Gasteiger partial charge in [-0.25, -0.2) is 0 Å². The van der Waals surface area contributed by atoms with E-state index in [0.29, 0.717) is 18.1 Å². The third kappa shape index (κ3) is 3.12. The number of ketones is 1. The topological polar surface area (TPSA) is 26.3 Å². The molecule has 1 saturated carbocycles. The molecule has 2 heteroatoms. The number of aryl methyl sites for hydroxylation is 1. The van der Waals surface area contributed by atoms with E-state index >= 15 is 0 Å². The van der Waals surface area contributed by atoms with Gasteiger partial charge in [0.1, 0.15) is 5.75 Å². The summed E-state index contributed by atoms with van der Waals surface area (Å²) in [6.07, 6.45) is 7.08. The van der Waals surface area contributed by atoms with E-state index < -0.39 is 0 Å². The highest BCUT2D eigenvalue weighted by Gasteiger charge is 2.19. The highest BCUT2D eigenvalue weighted by molar-refractivity contribution is 5.97. The monoisotopic (exact) mass is 246 g/mol. The molecule has 98 valence electrons. The number of rotatable bonds is 4. The molecule has 0 saturated heterocycles. The zero-order valence-corrected chi connectivity index (χ0v) is 11.4. The number of carbonyl (C=O) groups excluding carboxylic acids is 1. The minimum atomic E-state index is 0.294. The Hall–Kier alpha value is -1.31. The summed E-state index contributed by atoms with van der Waals surface area (Å²) in [4.78, 5) is 12.3. The number of carbonyl (C=O) groups is 1. The first-order chi connectivity index (χ1) is 8.70. The van der Waals surface area contributed by atoms with Crippen molar-refractivity contribution in [1.82, 2.24) is 0 Å². The normalized spacial score (nSPS) is 16.6. The van der Waals surface area contributed by atoms with Crippen LogP contribution in [0.3, 0.4) is 0 Å². The number of methoxy groups -OCH3 is 1. The first-order valence-corrected chi connectivity index (χ1v) is 6.88. The molecular weight excluding hydrogens is 224 g/mol. The van der Waals surface area contributed by atoms with Gasteiger partial charge in [0.05, 0.1) is 7.11 Å². The molecule has 0 atom stereocenters. The molecule has 1 aliphatic carbocycles. The van der Waals surface area contributed by atoms with E-state index in [-0.39, 0.29) is 0 Å². The van der Waals surface area contributed by atoms with Gasteiger partial charge in [0.2, 0.25) is 0 Å². The van der Waals surface area contributed by atoms with Crippen molar-refractivity contribution in [2.45, 2.75) is 45.4 Å². The molecule has 0 radical (unpaired) electrons. The standard InChI is InChI=1S/C16H22O2/c1-12-10-14(18-2)8-9-15(12)16(17)11-13-6-4-3-5-7-13/h8-10,13H,3-7,11H2,1-2H3. The van der Waals surface area contributed by atoms with Crippen LogP contribution in [0, 0.1) is 12.8 Å². The molecule has 1 aromatic rings. The minimum absolute atomic E-state index is 0.294. The van der Waals surface area contributed by atoms with Gasteiger partial charge in [-0.2, -0.15) is 0 Å².